The molecule has 7 heteroatoms. The zero-order valence-electron chi connectivity index (χ0n) is 18.6. The zero-order valence-corrected chi connectivity index (χ0v) is 18.6. The fraction of sp³-hybridized carbons (Fsp3) is 0.222. The number of hydrogen-bond donors (Lipinski definition) is 3. The molecular formula is C27H26N2O5. The number of unbranched alkanes of at least 4 members (excludes halogenated alkanes) is 1. The Morgan fingerprint density at radius 3 is 2.12 bits per heavy atom. The predicted octanol–water partition coefficient (Wildman–Crippen LogP) is 5.03. The highest BCUT2D eigenvalue weighted by molar-refractivity contribution is 6.02. The number of benzene rings is 3. The SMILES string of the molecule is O=C(O)CCCCNC(=O)c1ccccc1NC(=O)OCC1c2ccccc2-c2ccccc21. The molecule has 0 saturated carbocycles. The predicted molar refractivity (Wildman–Crippen MR) is 129 cm³/mol. The van der Waals surface area contributed by atoms with E-state index >= 15 is 0 Å². The lowest BCUT2D eigenvalue weighted by Crippen LogP contribution is -2.26. The molecule has 0 saturated heterocycles. The van der Waals surface area contributed by atoms with Crippen LogP contribution in [0.15, 0.2) is 72.8 Å². The maximum absolute atomic E-state index is 12.6. The fourth-order valence-corrected chi connectivity index (χ4v) is 4.23. The van der Waals surface area contributed by atoms with Gasteiger partial charge in [-0.2, -0.15) is 0 Å². The maximum Gasteiger partial charge on any atom is 0.411 e. The van der Waals surface area contributed by atoms with Crippen molar-refractivity contribution in [3.05, 3.63) is 89.5 Å². The zero-order chi connectivity index (χ0) is 23.9. The molecule has 0 spiro atoms. The molecule has 0 aromatic heterocycles. The molecular weight excluding hydrogens is 432 g/mol. The van der Waals surface area contributed by atoms with Crippen LogP contribution in [-0.4, -0.2) is 36.2 Å². The minimum absolute atomic E-state index is 0.0532. The summed E-state index contributed by atoms with van der Waals surface area (Å²) in [4.78, 5) is 35.8. The van der Waals surface area contributed by atoms with Crippen molar-refractivity contribution in [3.8, 4) is 11.1 Å². The van der Waals surface area contributed by atoms with Crippen LogP contribution < -0.4 is 10.6 Å². The van der Waals surface area contributed by atoms with E-state index in [0.29, 0.717) is 30.6 Å². The van der Waals surface area contributed by atoms with Crippen LogP contribution in [0.25, 0.3) is 11.1 Å². The molecule has 0 bridgehead atoms. The maximum atomic E-state index is 12.6. The molecule has 0 aliphatic heterocycles. The second kappa shape index (κ2) is 10.7. The van der Waals surface area contributed by atoms with Crippen molar-refractivity contribution in [1.82, 2.24) is 5.32 Å². The standard InChI is InChI=1S/C27H26N2O5/c30-25(31)15-7-8-16-28-26(32)22-13-5-6-14-24(22)29-27(33)34-17-23-20-11-3-1-9-18(20)19-10-2-4-12-21(19)23/h1-6,9-14,23H,7-8,15-17H2,(H,28,32)(H,29,33)(H,30,31). The van der Waals surface area contributed by atoms with E-state index in [2.05, 4.69) is 34.9 Å². The summed E-state index contributed by atoms with van der Waals surface area (Å²) in [7, 11) is 0. The van der Waals surface area contributed by atoms with Crippen LogP contribution in [0.4, 0.5) is 10.5 Å². The van der Waals surface area contributed by atoms with Crippen LogP contribution >= 0.6 is 0 Å². The van der Waals surface area contributed by atoms with Crippen LogP contribution in [0, 0.1) is 0 Å². The van der Waals surface area contributed by atoms with E-state index in [-0.39, 0.29) is 24.9 Å². The Balaban J connectivity index is 1.36. The molecule has 0 unspecified atom stereocenters. The summed E-state index contributed by atoms with van der Waals surface area (Å²) in [6.07, 6.45) is 0.467. The molecule has 3 aromatic rings. The summed E-state index contributed by atoms with van der Waals surface area (Å²) in [5.74, 6) is -1.25. The van der Waals surface area contributed by atoms with Gasteiger partial charge in [-0.3, -0.25) is 14.9 Å². The van der Waals surface area contributed by atoms with Gasteiger partial charge < -0.3 is 15.2 Å². The van der Waals surface area contributed by atoms with Crippen molar-refractivity contribution in [2.24, 2.45) is 0 Å². The Morgan fingerprint density at radius 1 is 0.824 bits per heavy atom. The van der Waals surface area contributed by atoms with E-state index in [1.54, 1.807) is 24.3 Å². The highest BCUT2D eigenvalue weighted by Crippen LogP contribution is 2.44. The molecule has 0 fully saturated rings. The fourth-order valence-electron chi connectivity index (χ4n) is 4.23. The van der Waals surface area contributed by atoms with E-state index < -0.39 is 12.1 Å². The summed E-state index contributed by atoms with van der Waals surface area (Å²) in [5.41, 5.74) is 5.21. The van der Waals surface area contributed by atoms with Crippen LogP contribution in [0.5, 0.6) is 0 Å². The Hall–Kier alpha value is -4.13. The third-order valence-electron chi connectivity index (χ3n) is 5.86. The van der Waals surface area contributed by atoms with Crippen LogP contribution in [0.3, 0.4) is 0 Å². The van der Waals surface area contributed by atoms with E-state index in [9.17, 15) is 14.4 Å². The number of fused-ring (bicyclic) bond motifs is 3. The number of carboxylic acids is 1. The molecule has 2 amide bonds. The molecule has 0 heterocycles. The number of nitrogens with one attached hydrogen (secondary N) is 2. The van der Waals surface area contributed by atoms with Crippen molar-refractivity contribution in [2.45, 2.75) is 25.2 Å². The monoisotopic (exact) mass is 458 g/mol. The summed E-state index contributed by atoms with van der Waals surface area (Å²) in [5, 5.41) is 14.1. The van der Waals surface area contributed by atoms with Crippen LogP contribution in [0.1, 0.15) is 46.7 Å². The van der Waals surface area contributed by atoms with Crippen LogP contribution in [0.2, 0.25) is 0 Å². The number of para-hydroxylation sites is 1. The summed E-state index contributed by atoms with van der Waals surface area (Å²) >= 11 is 0. The topological polar surface area (TPSA) is 105 Å². The highest BCUT2D eigenvalue weighted by Gasteiger charge is 2.29. The molecule has 7 nitrogen and oxygen atoms in total. The minimum Gasteiger partial charge on any atom is -0.481 e. The van der Waals surface area contributed by atoms with E-state index in [1.807, 2.05) is 24.3 Å². The Bertz CT molecular complexity index is 1160. The van der Waals surface area contributed by atoms with Crippen LogP contribution in [-0.2, 0) is 9.53 Å². The average Bonchev–Trinajstić information content (AvgIpc) is 3.16. The second-order valence-electron chi connectivity index (χ2n) is 8.10. The number of carbonyl (C=O) groups is 3. The average molecular weight is 459 g/mol. The Labute approximate surface area is 197 Å². The molecule has 174 valence electrons. The van der Waals surface area contributed by atoms with Crippen molar-refractivity contribution in [2.75, 3.05) is 18.5 Å². The third kappa shape index (κ3) is 5.26. The molecule has 0 radical (unpaired) electrons. The molecule has 34 heavy (non-hydrogen) atoms. The summed E-state index contributed by atoms with van der Waals surface area (Å²) in [6, 6.07) is 22.9. The first-order valence-electron chi connectivity index (χ1n) is 11.3. The van der Waals surface area contributed by atoms with Gasteiger partial charge in [0.05, 0.1) is 11.3 Å². The van der Waals surface area contributed by atoms with Gasteiger partial charge in [0.15, 0.2) is 0 Å². The normalized spacial score (nSPS) is 11.9. The molecule has 3 aromatic carbocycles. The van der Waals surface area contributed by atoms with Gasteiger partial charge in [-0.25, -0.2) is 4.79 Å². The quantitative estimate of drug-likeness (QED) is 0.390. The van der Waals surface area contributed by atoms with Gasteiger partial charge in [0, 0.05) is 18.9 Å². The van der Waals surface area contributed by atoms with Gasteiger partial charge in [-0.05, 0) is 47.2 Å². The van der Waals surface area contributed by atoms with Gasteiger partial charge in [-0.15, -0.1) is 0 Å². The first-order chi connectivity index (χ1) is 16.5. The Kier molecular flexibility index (Phi) is 7.22. The first kappa shape index (κ1) is 23.0. The third-order valence-corrected chi connectivity index (χ3v) is 5.86. The van der Waals surface area contributed by atoms with Gasteiger partial charge >= 0.3 is 12.1 Å². The van der Waals surface area contributed by atoms with Gasteiger partial charge in [0.25, 0.3) is 5.91 Å². The number of hydrogen-bond acceptors (Lipinski definition) is 4. The van der Waals surface area contributed by atoms with Crippen molar-refractivity contribution < 1.29 is 24.2 Å². The number of aliphatic carboxylic acids is 1. The smallest absolute Gasteiger partial charge is 0.411 e. The number of amides is 2. The van der Waals surface area contributed by atoms with E-state index in [0.717, 1.165) is 22.3 Å². The number of carbonyl (C=O) groups excluding carboxylic acids is 2. The van der Waals surface area contributed by atoms with Crippen molar-refractivity contribution >= 4 is 23.7 Å². The molecule has 3 N–H and O–H groups in total. The number of carboxylic acid groups (broad SMARTS) is 1. The van der Waals surface area contributed by atoms with Gasteiger partial charge in [-0.1, -0.05) is 60.7 Å². The second-order valence-corrected chi connectivity index (χ2v) is 8.10. The molecule has 1 aliphatic carbocycles. The van der Waals surface area contributed by atoms with Crippen molar-refractivity contribution in [1.29, 1.82) is 0 Å². The Morgan fingerprint density at radius 2 is 1.44 bits per heavy atom. The highest BCUT2D eigenvalue weighted by atomic mass is 16.5. The van der Waals surface area contributed by atoms with Crippen molar-refractivity contribution in [3.63, 3.8) is 0 Å². The number of anilines is 1. The molecule has 4 rings (SSSR count). The summed E-state index contributed by atoms with van der Waals surface area (Å²) < 4.78 is 5.58. The van der Waals surface area contributed by atoms with Gasteiger partial charge in [0.2, 0.25) is 0 Å². The van der Waals surface area contributed by atoms with E-state index in [1.165, 1.54) is 0 Å². The van der Waals surface area contributed by atoms with E-state index in [4.69, 9.17) is 9.84 Å². The molecule has 1 aliphatic rings. The lowest BCUT2D eigenvalue weighted by Gasteiger charge is -2.15. The largest absolute Gasteiger partial charge is 0.481 e. The molecule has 0 atom stereocenters. The van der Waals surface area contributed by atoms with Gasteiger partial charge in [0.1, 0.15) is 6.61 Å². The summed E-state index contributed by atoms with van der Waals surface area (Å²) in [6.45, 7) is 0.531. The lowest BCUT2D eigenvalue weighted by atomic mass is 9.98. The minimum atomic E-state index is -0.857. The number of rotatable bonds is 9. The number of ether oxygens (including phenoxy) is 1. The lowest BCUT2D eigenvalue weighted by molar-refractivity contribution is -0.137. The first-order valence-corrected chi connectivity index (χ1v) is 11.3.